The molecule has 0 amide bonds. The molecule has 26 heavy (non-hydrogen) atoms. The van der Waals surface area contributed by atoms with Gasteiger partial charge in [-0.3, -0.25) is 0 Å². The minimum atomic E-state index is 0.523. The molecular formula is C19H19N3O3S. The highest BCUT2D eigenvalue weighted by Crippen LogP contribution is 2.34. The Morgan fingerprint density at radius 3 is 2.62 bits per heavy atom. The van der Waals surface area contributed by atoms with Crippen LogP contribution < -0.4 is 15.2 Å². The number of ether oxygens (including phenoxy) is 2. The van der Waals surface area contributed by atoms with Crippen molar-refractivity contribution in [2.45, 2.75) is 17.9 Å². The molecule has 0 aliphatic carbocycles. The summed E-state index contributed by atoms with van der Waals surface area (Å²) in [7, 11) is 0. The van der Waals surface area contributed by atoms with Gasteiger partial charge >= 0.3 is 0 Å². The van der Waals surface area contributed by atoms with Crippen LogP contribution in [0.2, 0.25) is 0 Å². The lowest BCUT2D eigenvalue weighted by Crippen LogP contribution is -2.15. The van der Waals surface area contributed by atoms with E-state index in [1.807, 2.05) is 42.5 Å². The third-order valence-corrected chi connectivity index (χ3v) is 5.01. The zero-order valence-corrected chi connectivity index (χ0v) is 15.0. The van der Waals surface area contributed by atoms with Gasteiger partial charge in [0.2, 0.25) is 11.7 Å². The van der Waals surface area contributed by atoms with Crippen molar-refractivity contribution in [3.63, 3.8) is 0 Å². The third kappa shape index (κ3) is 3.84. The lowest BCUT2D eigenvalue weighted by Gasteiger charge is -2.18. The molecule has 134 valence electrons. The van der Waals surface area contributed by atoms with Crippen LogP contribution in [-0.4, -0.2) is 29.1 Å². The molecule has 3 aromatic rings. The first-order valence-electron chi connectivity index (χ1n) is 8.46. The fourth-order valence-electron chi connectivity index (χ4n) is 2.63. The summed E-state index contributed by atoms with van der Waals surface area (Å²) in [6.45, 7) is 1.72. The van der Waals surface area contributed by atoms with Crippen molar-refractivity contribution in [3.05, 3.63) is 53.9 Å². The van der Waals surface area contributed by atoms with E-state index in [1.165, 1.54) is 0 Å². The maximum atomic E-state index is 5.62. The Bertz CT molecular complexity index is 880. The van der Waals surface area contributed by atoms with E-state index in [9.17, 15) is 0 Å². The van der Waals surface area contributed by atoms with Crippen molar-refractivity contribution in [3.8, 4) is 22.9 Å². The van der Waals surface area contributed by atoms with Gasteiger partial charge in [0.25, 0.3) is 0 Å². The van der Waals surface area contributed by atoms with Gasteiger partial charge in [-0.25, -0.2) is 0 Å². The number of nitrogens with zero attached hydrogens (tertiary/aromatic N) is 2. The standard InChI is InChI=1S/C19H19N3O3S/c20-12-13-1-3-14(4-2-13)19-21-18(25-22-19)7-10-26-15-5-6-16-17(11-15)24-9-8-23-16/h1-6,11H,7-10,12,20H2. The summed E-state index contributed by atoms with van der Waals surface area (Å²) in [5.74, 6) is 3.69. The number of nitrogens with two attached hydrogens (primary N) is 1. The zero-order chi connectivity index (χ0) is 17.8. The molecule has 2 heterocycles. The Labute approximate surface area is 155 Å². The Balaban J connectivity index is 1.34. The molecule has 1 aliphatic rings. The average Bonchev–Trinajstić information content (AvgIpc) is 3.17. The van der Waals surface area contributed by atoms with Gasteiger partial charge in [0.05, 0.1) is 0 Å². The summed E-state index contributed by atoms with van der Waals surface area (Å²) in [5, 5.41) is 4.06. The second-order valence-corrected chi connectivity index (χ2v) is 6.99. The van der Waals surface area contributed by atoms with Crippen LogP contribution in [0.5, 0.6) is 11.5 Å². The fraction of sp³-hybridized carbons (Fsp3) is 0.263. The van der Waals surface area contributed by atoms with Gasteiger partial charge in [-0.05, 0) is 23.8 Å². The minimum absolute atomic E-state index is 0.523. The number of thioether (sulfide) groups is 1. The smallest absolute Gasteiger partial charge is 0.227 e. The number of fused-ring (bicyclic) bond motifs is 1. The number of benzene rings is 2. The van der Waals surface area contributed by atoms with E-state index >= 15 is 0 Å². The average molecular weight is 369 g/mol. The van der Waals surface area contributed by atoms with Crippen LogP contribution >= 0.6 is 11.8 Å². The lowest BCUT2D eigenvalue weighted by atomic mass is 10.1. The van der Waals surface area contributed by atoms with E-state index in [0.717, 1.165) is 33.3 Å². The van der Waals surface area contributed by atoms with Gasteiger partial charge in [-0.15, -0.1) is 11.8 Å². The van der Waals surface area contributed by atoms with Crippen LogP contribution in [-0.2, 0) is 13.0 Å². The van der Waals surface area contributed by atoms with E-state index in [4.69, 9.17) is 19.7 Å². The summed E-state index contributed by atoms with van der Waals surface area (Å²) in [6, 6.07) is 13.9. The Morgan fingerprint density at radius 2 is 1.81 bits per heavy atom. The molecule has 0 radical (unpaired) electrons. The van der Waals surface area contributed by atoms with Gasteiger partial charge in [0, 0.05) is 29.2 Å². The Kier molecular flexibility index (Phi) is 5.08. The van der Waals surface area contributed by atoms with Crippen LogP contribution in [0.3, 0.4) is 0 Å². The monoisotopic (exact) mass is 369 g/mol. The maximum Gasteiger partial charge on any atom is 0.227 e. The number of rotatable bonds is 6. The molecule has 0 bridgehead atoms. The van der Waals surface area contributed by atoms with E-state index in [0.29, 0.717) is 37.9 Å². The van der Waals surface area contributed by atoms with Gasteiger partial charge in [0.15, 0.2) is 11.5 Å². The molecule has 0 saturated carbocycles. The third-order valence-electron chi connectivity index (χ3n) is 4.01. The molecule has 0 atom stereocenters. The highest BCUT2D eigenvalue weighted by Gasteiger charge is 2.13. The lowest BCUT2D eigenvalue weighted by molar-refractivity contribution is 0.171. The molecule has 7 heteroatoms. The van der Waals surface area contributed by atoms with Crippen LogP contribution in [0.1, 0.15) is 11.5 Å². The topological polar surface area (TPSA) is 83.4 Å². The fourth-order valence-corrected chi connectivity index (χ4v) is 3.50. The number of aromatic nitrogens is 2. The molecule has 1 aliphatic heterocycles. The zero-order valence-electron chi connectivity index (χ0n) is 14.2. The molecule has 0 unspecified atom stereocenters. The summed E-state index contributed by atoms with van der Waals surface area (Å²) >= 11 is 1.72. The second kappa shape index (κ2) is 7.80. The van der Waals surface area contributed by atoms with E-state index in [-0.39, 0.29) is 0 Å². The van der Waals surface area contributed by atoms with Crippen LogP contribution in [0, 0.1) is 0 Å². The van der Waals surface area contributed by atoms with E-state index in [2.05, 4.69) is 10.1 Å². The minimum Gasteiger partial charge on any atom is -0.486 e. The van der Waals surface area contributed by atoms with E-state index < -0.39 is 0 Å². The molecule has 6 nitrogen and oxygen atoms in total. The molecule has 0 fully saturated rings. The molecule has 0 saturated heterocycles. The Hall–Kier alpha value is -2.51. The summed E-state index contributed by atoms with van der Waals surface area (Å²) < 4.78 is 16.5. The van der Waals surface area contributed by atoms with Gasteiger partial charge in [-0.2, -0.15) is 4.98 Å². The van der Waals surface area contributed by atoms with Crippen molar-refractivity contribution in [2.75, 3.05) is 19.0 Å². The van der Waals surface area contributed by atoms with Crippen LogP contribution in [0.25, 0.3) is 11.4 Å². The van der Waals surface area contributed by atoms with E-state index in [1.54, 1.807) is 11.8 Å². The summed E-state index contributed by atoms with van der Waals surface area (Å²) in [6.07, 6.45) is 0.701. The predicted octanol–water partition coefficient (Wildman–Crippen LogP) is 3.30. The normalized spacial score (nSPS) is 13.0. The first kappa shape index (κ1) is 16.9. The second-order valence-electron chi connectivity index (χ2n) is 5.82. The molecule has 2 N–H and O–H groups in total. The molecule has 0 spiro atoms. The van der Waals surface area contributed by atoms with Crippen molar-refractivity contribution in [1.82, 2.24) is 10.1 Å². The quantitative estimate of drug-likeness (QED) is 0.667. The van der Waals surface area contributed by atoms with Gasteiger partial charge in [-0.1, -0.05) is 29.4 Å². The van der Waals surface area contributed by atoms with Crippen LogP contribution in [0.4, 0.5) is 0 Å². The highest BCUT2D eigenvalue weighted by molar-refractivity contribution is 7.99. The highest BCUT2D eigenvalue weighted by atomic mass is 32.2. The Morgan fingerprint density at radius 1 is 1.00 bits per heavy atom. The number of aryl methyl sites for hydroxylation is 1. The van der Waals surface area contributed by atoms with Gasteiger partial charge in [0.1, 0.15) is 13.2 Å². The molecular weight excluding hydrogens is 350 g/mol. The number of hydrogen-bond acceptors (Lipinski definition) is 7. The maximum absolute atomic E-state index is 5.62. The molecule has 4 rings (SSSR count). The van der Waals surface area contributed by atoms with Crippen molar-refractivity contribution >= 4 is 11.8 Å². The van der Waals surface area contributed by atoms with Crippen molar-refractivity contribution < 1.29 is 14.0 Å². The van der Waals surface area contributed by atoms with Crippen molar-refractivity contribution in [2.24, 2.45) is 5.73 Å². The molecule has 1 aromatic heterocycles. The summed E-state index contributed by atoms with van der Waals surface area (Å²) in [5.41, 5.74) is 7.62. The number of hydrogen-bond donors (Lipinski definition) is 1. The first-order chi connectivity index (χ1) is 12.8. The molecule has 2 aromatic carbocycles. The predicted molar refractivity (Wildman–Crippen MR) is 99.5 cm³/mol. The van der Waals surface area contributed by atoms with Gasteiger partial charge < -0.3 is 19.7 Å². The largest absolute Gasteiger partial charge is 0.486 e. The summed E-state index contributed by atoms with van der Waals surface area (Å²) in [4.78, 5) is 5.60. The van der Waals surface area contributed by atoms with Crippen LogP contribution in [0.15, 0.2) is 51.9 Å². The SMILES string of the molecule is NCc1ccc(-c2noc(CCSc3ccc4c(c3)OCCO4)n2)cc1. The van der Waals surface area contributed by atoms with Crippen molar-refractivity contribution in [1.29, 1.82) is 0 Å². The first-order valence-corrected chi connectivity index (χ1v) is 9.45.